The molecule has 6 heteroatoms. The highest BCUT2D eigenvalue weighted by Crippen LogP contribution is 2.08. The van der Waals surface area contributed by atoms with Crippen LogP contribution in [0, 0.1) is 0 Å². The predicted octanol–water partition coefficient (Wildman–Crippen LogP) is 0.163. The van der Waals surface area contributed by atoms with Gasteiger partial charge in [-0.15, -0.1) is 0 Å². The lowest BCUT2D eigenvalue weighted by molar-refractivity contribution is 0.0562. The van der Waals surface area contributed by atoms with Crippen LogP contribution in [0.15, 0.2) is 16.5 Å². The Balaban J connectivity index is 2.46. The van der Waals surface area contributed by atoms with E-state index in [1.54, 1.807) is 19.2 Å². The molecule has 0 spiro atoms. The second-order valence-electron chi connectivity index (χ2n) is 3.47. The lowest BCUT2D eigenvalue weighted by Gasteiger charge is -2.13. The van der Waals surface area contributed by atoms with Crippen molar-refractivity contribution in [3.8, 4) is 0 Å². The average molecular weight is 243 g/mol. The first kappa shape index (κ1) is 13.7. The third kappa shape index (κ3) is 4.18. The topological polar surface area (TPSA) is 80.9 Å². The van der Waals surface area contributed by atoms with Crippen molar-refractivity contribution in [3.63, 3.8) is 0 Å². The zero-order valence-electron chi connectivity index (χ0n) is 9.93. The van der Waals surface area contributed by atoms with E-state index in [2.05, 4.69) is 10.1 Å². The lowest BCUT2D eigenvalue weighted by Crippen LogP contribution is -2.35. The fourth-order valence-corrected chi connectivity index (χ4v) is 1.31. The third-order valence-corrected chi connectivity index (χ3v) is 2.20. The Hall–Kier alpha value is -1.37. The molecule has 6 nitrogen and oxygen atoms in total. The van der Waals surface area contributed by atoms with Gasteiger partial charge in [0.1, 0.15) is 5.76 Å². The first-order valence-electron chi connectivity index (χ1n) is 5.21. The number of hydrogen-bond donors (Lipinski definition) is 2. The molecule has 0 fully saturated rings. The van der Waals surface area contributed by atoms with E-state index in [-0.39, 0.29) is 18.4 Å². The molecule has 0 amide bonds. The Labute approximate surface area is 99.5 Å². The second kappa shape index (κ2) is 7.05. The zero-order chi connectivity index (χ0) is 12.7. The zero-order valence-corrected chi connectivity index (χ0v) is 9.93. The number of ether oxygens (including phenoxy) is 2. The molecule has 17 heavy (non-hydrogen) atoms. The molecule has 96 valence electrons. The van der Waals surface area contributed by atoms with Crippen LogP contribution >= 0.6 is 0 Å². The van der Waals surface area contributed by atoms with Crippen LogP contribution in [0.1, 0.15) is 16.3 Å². The van der Waals surface area contributed by atoms with Gasteiger partial charge in [-0.3, -0.25) is 0 Å². The van der Waals surface area contributed by atoms with Crippen molar-refractivity contribution in [3.05, 3.63) is 23.7 Å². The molecule has 0 radical (unpaired) electrons. The summed E-state index contributed by atoms with van der Waals surface area (Å²) in [7, 11) is 2.86. The van der Waals surface area contributed by atoms with Gasteiger partial charge in [-0.2, -0.15) is 0 Å². The van der Waals surface area contributed by atoms with Gasteiger partial charge in [0.15, 0.2) is 0 Å². The molecule has 0 saturated heterocycles. The molecule has 0 aliphatic heterocycles. The number of esters is 1. The fraction of sp³-hybridized carbons (Fsp3) is 0.545. The lowest BCUT2D eigenvalue weighted by atomic mass is 10.3. The number of carbonyl (C=O) groups is 1. The summed E-state index contributed by atoms with van der Waals surface area (Å²) in [6.07, 6.45) is 0. The average Bonchev–Trinajstić information content (AvgIpc) is 2.82. The summed E-state index contributed by atoms with van der Waals surface area (Å²) in [4.78, 5) is 11.1. The minimum Gasteiger partial charge on any atom is -0.463 e. The molecule has 1 aromatic heterocycles. The van der Waals surface area contributed by atoms with Gasteiger partial charge >= 0.3 is 5.97 Å². The van der Waals surface area contributed by atoms with Crippen LogP contribution in [0.25, 0.3) is 0 Å². The van der Waals surface area contributed by atoms with Crippen LogP contribution in [-0.2, 0) is 16.0 Å². The Morgan fingerprint density at radius 3 is 2.88 bits per heavy atom. The van der Waals surface area contributed by atoms with Crippen LogP contribution in [0.3, 0.4) is 0 Å². The Bertz CT molecular complexity index is 349. The normalized spacial score (nSPS) is 12.4. The molecule has 0 aromatic carbocycles. The molecule has 2 N–H and O–H groups in total. The monoisotopic (exact) mass is 243 g/mol. The predicted molar refractivity (Wildman–Crippen MR) is 59.6 cm³/mol. The Morgan fingerprint density at radius 2 is 2.29 bits per heavy atom. The van der Waals surface area contributed by atoms with Crippen LogP contribution in [0.2, 0.25) is 0 Å². The molecule has 0 bridgehead atoms. The number of furan rings is 1. The highest BCUT2D eigenvalue weighted by Gasteiger charge is 2.12. The summed E-state index contributed by atoms with van der Waals surface area (Å²) < 4.78 is 14.7. The summed E-state index contributed by atoms with van der Waals surface area (Å²) >= 11 is 0. The molecular weight excluding hydrogens is 226 g/mol. The fourth-order valence-electron chi connectivity index (χ4n) is 1.31. The van der Waals surface area contributed by atoms with Crippen molar-refractivity contribution in [2.75, 3.05) is 27.4 Å². The summed E-state index contributed by atoms with van der Waals surface area (Å²) in [6, 6.07) is 3.07. The maximum atomic E-state index is 11.1. The molecule has 1 atom stereocenters. The van der Waals surface area contributed by atoms with Crippen molar-refractivity contribution >= 4 is 5.97 Å². The number of aliphatic hydroxyl groups is 1. The molecule has 0 saturated carbocycles. The van der Waals surface area contributed by atoms with Crippen LogP contribution < -0.4 is 5.32 Å². The van der Waals surface area contributed by atoms with Crippen LogP contribution in [-0.4, -0.2) is 44.6 Å². The molecule has 1 heterocycles. The molecular formula is C11H17NO5. The molecule has 1 rings (SSSR count). The quantitative estimate of drug-likeness (QED) is 0.664. The third-order valence-electron chi connectivity index (χ3n) is 2.20. The van der Waals surface area contributed by atoms with Crippen molar-refractivity contribution in [1.82, 2.24) is 5.32 Å². The maximum absolute atomic E-state index is 11.1. The van der Waals surface area contributed by atoms with Crippen molar-refractivity contribution < 1.29 is 23.8 Å². The van der Waals surface area contributed by atoms with Gasteiger partial charge in [-0.05, 0) is 12.1 Å². The van der Waals surface area contributed by atoms with Crippen molar-refractivity contribution in [1.29, 1.82) is 0 Å². The van der Waals surface area contributed by atoms with Crippen molar-refractivity contribution in [2.24, 2.45) is 0 Å². The molecule has 0 aliphatic rings. The van der Waals surface area contributed by atoms with E-state index in [9.17, 15) is 4.79 Å². The second-order valence-corrected chi connectivity index (χ2v) is 3.47. The van der Waals surface area contributed by atoms with E-state index in [4.69, 9.17) is 14.3 Å². The molecule has 0 aliphatic carbocycles. The Morgan fingerprint density at radius 1 is 1.53 bits per heavy atom. The number of nitrogens with one attached hydrogen (secondary N) is 1. The van der Waals surface area contributed by atoms with Crippen LogP contribution in [0.4, 0.5) is 0 Å². The van der Waals surface area contributed by atoms with E-state index in [0.29, 0.717) is 18.9 Å². The van der Waals surface area contributed by atoms with E-state index in [1.165, 1.54) is 7.11 Å². The largest absolute Gasteiger partial charge is 0.463 e. The van der Waals surface area contributed by atoms with E-state index in [1.807, 2.05) is 0 Å². The number of carbonyl (C=O) groups excluding carboxylic acids is 1. The first-order chi connectivity index (χ1) is 8.21. The van der Waals surface area contributed by atoms with Gasteiger partial charge in [0, 0.05) is 7.11 Å². The Kier molecular flexibility index (Phi) is 5.68. The highest BCUT2D eigenvalue weighted by molar-refractivity contribution is 5.86. The van der Waals surface area contributed by atoms with E-state index in [0.717, 1.165) is 0 Å². The van der Waals surface area contributed by atoms with Gasteiger partial charge in [0.25, 0.3) is 0 Å². The summed E-state index contributed by atoms with van der Waals surface area (Å²) in [6.45, 7) is 0.783. The van der Waals surface area contributed by atoms with Gasteiger partial charge < -0.3 is 24.3 Å². The number of aliphatic hydroxyl groups excluding tert-OH is 1. The van der Waals surface area contributed by atoms with Gasteiger partial charge in [-0.25, -0.2) is 4.79 Å². The van der Waals surface area contributed by atoms with Gasteiger partial charge in [0.2, 0.25) is 5.76 Å². The highest BCUT2D eigenvalue weighted by atomic mass is 16.5. The molecule has 1 aromatic rings. The smallest absolute Gasteiger partial charge is 0.373 e. The number of hydrogen-bond acceptors (Lipinski definition) is 6. The summed E-state index contributed by atoms with van der Waals surface area (Å²) in [5, 5.41) is 12.1. The number of rotatable bonds is 7. The minimum atomic E-state index is -0.508. The standard InChI is InChI=1S/C11H17NO5/c1-15-7-8(6-13)12-5-9-3-4-10(17-9)11(14)16-2/h3-4,8,12-13H,5-7H2,1-2H3. The van der Waals surface area contributed by atoms with E-state index < -0.39 is 5.97 Å². The summed E-state index contributed by atoms with van der Waals surface area (Å²) in [5.74, 6) is 0.253. The van der Waals surface area contributed by atoms with E-state index >= 15 is 0 Å². The summed E-state index contributed by atoms with van der Waals surface area (Å²) in [5.41, 5.74) is 0. The van der Waals surface area contributed by atoms with Gasteiger partial charge in [-0.1, -0.05) is 0 Å². The van der Waals surface area contributed by atoms with Gasteiger partial charge in [0.05, 0.1) is 32.9 Å². The SMILES string of the molecule is COCC(CO)NCc1ccc(C(=O)OC)o1. The number of methoxy groups -OCH3 is 2. The van der Waals surface area contributed by atoms with Crippen molar-refractivity contribution in [2.45, 2.75) is 12.6 Å². The minimum absolute atomic E-state index is 0.0294. The molecule has 1 unspecified atom stereocenters. The maximum Gasteiger partial charge on any atom is 0.373 e. The van der Waals surface area contributed by atoms with Crippen LogP contribution in [0.5, 0.6) is 0 Å². The first-order valence-corrected chi connectivity index (χ1v) is 5.21.